The molecule has 0 spiro atoms. The molecular weight excluding hydrogens is 264 g/mol. The molecule has 0 radical (unpaired) electrons. The summed E-state index contributed by atoms with van der Waals surface area (Å²) in [6.45, 7) is 3.44. The molecule has 1 unspecified atom stereocenters. The van der Waals surface area contributed by atoms with E-state index in [1.807, 2.05) is 0 Å². The molecule has 0 saturated carbocycles. The Bertz CT molecular complexity index is 330. The topological polar surface area (TPSA) is 93.1 Å². The van der Waals surface area contributed by atoms with E-state index >= 15 is 0 Å². The van der Waals surface area contributed by atoms with Gasteiger partial charge < -0.3 is 19.7 Å². The predicted molar refractivity (Wildman–Crippen MR) is 70.8 cm³/mol. The molecule has 20 heavy (non-hydrogen) atoms. The molecule has 6 heteroatoms. The highest BCUT2D eigenvalue weighted by atomic mass is 16.5. The first kappa shape index (κ1) is 16.9. The van der Waals surface area contributed by atoms with Gasteiger partial charge in [-0.25, -0.2) is 0 Å². The lowest BCUT2D eigenvalue weighted by atomic mass is 10.0. The highest BCUT2D eigenvalue weighted by Gasteiger charge is 2.23. The van der Waals surface area contributed by atoms with E-state index in [1.54, 1.807) is 13.8 Å². The molecule has 1 heterocycles. The maximum absolute atomic E-state index is 11.5. The summed E-state index contributed by atoms with van der Waals surface area (Å²) >= 11 is 0. The number of ether oxygens (including phenoxy) is 2. The van der Waals surface area contributed by atoms with Gasteiger partial charge in [0, 0.05) is 19.3 Å². The molecule has 0 aliphatic carbocycles. The van der Waals surface area contributed by atoms with Gasteiger partial charge >= 0.3 is 11.9 Å². The summed E-state index contributed by atoms with van der Waals surface area (Å²) in [6.07, 6.45) is -0.982. The molecule has 6 nitrogen and oxygen atoms in total. The Balaban J connectivity index is 2.61. The van der Waals surface area contributed by atoms with Crippen molar-refractivity contribution < 1.29 is 29.3 Å². The molecule has 0 amide bonds. The number of esters is 2. The van der Waals surface area contributed by atoms with E-state index < -0.39 is 24.3 Å². The Kier molecular flexibility index (Phi) is 6.95. The van der Waals surface area contributed by atoms with Crippen molar-refractivity contribution in [1.82, 2.24) is 0 Å². The molecule has 116 valence electrons. The summed E-state index contributed by atoms with van der Waals surface area (Å²) in [6, 6.07) is 0. The van der Waals surface area contributed by atoms with Crippen molar-refractivity contribution in [1.29, 1.82) is 0 Å². The van der Waals surface area contributed by atoms with Gasteiger partial charge in [-0.2, -0.15) is 0 Å². The van der Waals surface area contributed by atoms with Crippen molar-refractivity contribution in [3.05, 3.63) is 0 Å². The van der Waals surface area contributed by atoms with Crippen molar-refractivity contribution in [2.45, 2.75) is 76.8 Å². The van der Waals surface area contributed by atoms with Crippen LogP contribution in [0.1, 0.15) is 52.4 Å². The largest absolute Gasteiger partial charge is 0.463 e. The van der Waals surface area contributed by atoms with E-state index in [9.17, 15) is 19.8 Å². The number of cyclic esters (lactones) is 2. The van der Waals surface area contributed by atoms with E-state index in [4.69, 9.17) is 9.47 Å². The zero-order chi connectivity index (χ0) is 15.1. The summed E-state index contributed by atoms with van der Waals surface area (Å²) in [5, 5.41) is 19.5. The Morgan fingerprint density at radius 3 is 2.20 bits per heavy atom. The van der Waals surface area contributed by atoms with E-state index in [-0.39, 0.29) is 37.8 Å². The zero-order valence-electron chi connectivity index (χ0n) is 12.1. The maximum Gasteiger partial charge on any atom is 0.306 e. The molecule has 1 aliphatic heterocycles. The normalized spacial score (nSPS) is 34.8. The van der Waals surface area contributed by atoms with Gasteiger partial charge in [-0.15, -0.1) is 0 Å². The first-order valence-corrected chi connectivity index (χ1v) is 7.13. The summed E-state index contributed by atoms with van der Waals surface area (Å²) in [5.74, 6) is -0.730. The van der Waals surface area contributed by atoms with Gasteiger partial charge in [0.1, 0.15) is 6.10 Å². The van der Waals surface area contributed by atoms with Crippen LogP contribution >= 0.6 is 0 Å². The molecule has 0 aromatic rings. The molecule has 1 rings (SSSR count). The molecule has 0 aromatic heterocycles. The van der Waals surface area contributed by atoms with E-state index in [0.717, 1.165) is 0 Å². The summed E-state index contributed by atoms with van der Waals surface area (Å²) in [7, 11) is 0. The predicted octanol–water partition coefficient (Wildman–Crippen LogP) is 0.926. The van der Waals surface area contributed by atoms with Gasteiger partial charge in [-0.3, -0.25) is 9.59 Å². The minimum atomic E-state index is -1.03. The second-order valence-electron chi connectivity index (χ2n) is 5.40. The van der Waals surface area contributed by atoms with E-state index in [2.05, 4.69) is 0 Å². The van der Waals surface area contributed by atoms with Crippen molar-refractivity contribution in [2.75, 3.05) is 0 Å². The van der Waals surface area contributed by atoms with Crippen LogP contribution in [0.2, 0.25) is 0 Å². The van der Waals surface area contributed by atoms with Gasteiger partial charge in [0.2, 0.25) is 0 Å². The second-order valence-corrected chi connectivity index (χ2v) is 5.40. The number of hydrogen-bond donors (Lipinski definition) is 2. The molecule has 0 aromatic carbocycles. The number of aliphatic hydroxyl groups excluding tert-OH is 2. The Hall–Kier alpha value is -1.14. The molecule has 0 bridgehead atoms. The zero-order valence-corrected chi connectivity index (χ0v) is 12.1. The van der Waals surface area contributed by atoms with Crippen LogP contribution in [0, 0.1) is 0 Å². The summed E-state index contributed by atoms with van der Waals surface area (Å²) in [5.41, 5.74) is 0. The molecule has 4 atom stereocenters. The first-order valence-electron chi connectivity index (χ1n) is 7.13. The lowest BCUT2D eigenvalue weighted by Crippen LogP contribution is -2.32. The minimum Gasteiger partial charge on any atom is -0.463 e. The molecular formula is C14H24O6. The highest BCUT2D eigenvalue weighted by Crippen LogP contribution is 2.14. The van der Waals surface area contributed by atoms with Gasteiger partial charge in [0.05, 0.1) is 18.3 Å². The number of carbonyl (C=O) groups is 2. The molecule has 1 aliphatic rings. The first-order chi connectivity index (χ1) is 9.38. The highest BCUT2D eigenvalue weighted by molar-refractivity contribution is 5.70. The molecule has 1 fully saturated rings. The number of aliphatic hydroxyl groups is 2. The fourth-order valence-electron chi connectivity index (χ4n) is 2.16. The molecule has 2 N–H and O–H groups in total. The average molecular weight is 288 g/mol. The monoisotopic (exact) mass is 288 g/mol. The van der Waals surface area contributed by atoms with Crippen molar-refractivity contribution in [3.63, 3.8) is 0 Å². The van der Waals surface area contributed by atoms with Crippen LogP contribution in [-0.2, 0) is 19.1 Å². The summed E-state index contributed by atoms with van der Waals surface area (Å²) < 4.78 is 10.3. The number of rotatable bonds is 0. The van der Waals surface area contributed by atoms with Gasteiger partial charge in [-0.1, -0.05) is 0 Å². The lowest BCUT2D eigenvalue weighted by Gasteiger charge is -2.22. The van der Waals surface area contributed by atoms with E-state index in [1.165, 1.54) is 0 Å². The summed E-state index contributed by atoms with van der Waals surface area (Å²) in [4.78, 5) is 23.1. The fraction of sp³-hybridized carbons (Fsp3) is 0.857. The Morgan fingerprint density at radius 2 is 1.50 bits per heavy atom. The minimum absolute atomic E-state index is 0.0662. The maximum atomic E-state index is 11.5. The van der Waals surface area contributed by atoms with Crippen LogP contribution in [-0.4, -0.2) is 46.6 Å². The quantitative estimate of drug-likeness (QED) is 0.644. The standard InChI is InChI=1S/C14H24O6/c1-9-4-3-5-13(17)20-10(2)8-12(16)11(15)6-7-14(18)19-9/h9-12,15-16H,3-8H2,1-2H3/t9?,10-,11-,12-/m1/s1. The lowest BCUT2D eigenvalue weighted by molar-refractivity contribution is -0.152. The van der Waals surface area contributed by atoms with Crippen LogP contribution in [0.25, 0.3) is 0 Å². The smallest absolute Gasteiger partial charge is 0.306 e. The average Bonchev–Trinajstić information content (AvgIpc) is 2.34. The van der Waals surface area contributed by atoms with Gasteiger partial charge in [0.25, 0.3) is 0 Å². The van der Waals surface area contributed by atoms with Crippen LogP contribution < -0.4 is 0 Å². The SMILES string of the molecule is CC1CCCC(=O)O[C@H](C)C[C@@H](O)[C@H](O)CCC(=O)O1. The number of hydrogen-bond acceptors (Lipinski definition) is 6. The third kappa shape index (κ3) is 6.34. The Morgan fingerprint density at radius 1 is 0.900 bits per heavy atom. The number of carbonyl (C=O) groups excluding carboxylic acids is 2. The van der Waals surface area contributed by atoms with Crippen molar-refractivity contribution in [3.8, 4) is 0 Å². The van der Waals surface area contributed by atoms with Gasteiger partial charge in [-0.05, 0) is 33.1 Å². The van der Waals surface area contributed by atoms with Crippen LogP contribution in [0.4, 0.5) is 0 Å². The fourth-order valence-corrected chi connectivity index (χ4v) is 2.16. The third-order valence-corrected chi connectivity index (χ3v) is 3.32. The van der Waals surface area contributed by atoms with Crippen LogP contribution in [0.5, 0.6) is 0 Å². The van der Waals surface area contributed by atoms with Gasteiger partial charge in [0.15, 0.2) is 0 Å². The Labute approximate surface area is 119 Å². The van der Waals surface area contributed by atoms with Crippen molar-refractivity contribution in [2.24, 2.45) is 0 Å². The third-order valence-electron chi connectivity index (χ3n) is 3.32. The van der Waals surface area contributed by atoms with Crippen LogP contribution in [0.3, 0.4) is 0 Å². The van der Waals surface area contributed by atoms with E-state index in [0.29, 0.717) is 12.8 Å². The van der Waals surface area contributed by atoms with Crippen LogP contribution in [0.15, 0.2) is 0 Å². The molecule has 1 saturated heterocycles. The van der Waals surface area contributed by atoms with Crippen molar-refractivity contribution >= 4 is 11.9 Å². The second kappa shape index (κ2) is 8.21.